The molecule has 0 saturated heterocycles. The number of aromatic nitrogens is 4. The molecule has 0 aliphatic carbocycles. The Balaban J connectivity index is 1.74. The molecule has 0 fully saturated rings. The zero-order valence-corrected chi connectivity index (χ0v) is 14.6. The van der Waals surface area contributed by atoms with Crippen LogP contribution in [0.5, 0.6) is 0 Å². The molecule has 0 atom stereocenters. The van der Waals surface area contributed by atoms with Crippen LogP contribution in [0, 0.1) is 0 Å². The number of rotatable bonds is 2. The van der Waals surface area contributed by atoms with Gasteiger partial charge in [-0.2, -0.15) is 0 Å². The zero-order chi connectivity index (χ0) is 19.1. The van der Waals surface area contributed by atoms with Gasteiger partial charge >= 0.3 is 5.69 Å². The van der Waals surface area contributed by atoms with E-state index in [1.54, 1.807) is 6.20 Å². The summed E-state index contributed by atoms with van der Waals surface area (Å²) in [6, 6.07) is 12.3. The highest BCUT2D eigenvalue weighted by Crippen LogP contribution is 2.17. The van der Waals surface area contributed by atoms with Crippen molar-refractivity contribution in [3.63, 3.8) is 0 Å². The van der Waals surface area contributed by atoms with Gasteiger partial charge in [0.25, 0.3) is 11.5 Å². The van der Waals surface area contributed by atoms with Crippen LogP contribution in [0.15, 0.2) is 58.3 Å². The largest absolute Gasteiger partial charge is 0.332 e. The molecule has 0 aliphatic rings. The number of carbonyl (C=O) groups excluding carboxylic acids is 1. The van der Waals surface area contributed by atoms with Gasteiger partial charge in [-0.25, -0.2) is 9.78 Å². The Morgan fingerprint density at radius 1 is 1.04 bits per heavy atom. The number of amides is 1. The fourth-order valence-electron chi connectivity index (χ4n) is 2.92. The first kappa shape index (κ1) is 16.6. The van der Waals surface area contributed by atoms with Crippen molar-refractivity contribution in [2.45, 2.75) is 0 Å². The van der Waals surface area contributed by atoms with E-state index >= 15 is 0 Å². The predicted octanol–water partition coefficient (Wildman–Crippen LogP) is 1.43. The van der Waals surface area contributed by atoms with Gasteiger partial charge < -0.3 is 5.32 Å². The monoisotopic (exact) mass is 361 g/mol. The Morgan fingerprint density at radius 2 is 1.81 bits per heavy atom. The summed E-state index contributed by atoms with van der Waals surface area (Å²) in [4.78, 5) is 45.4. The number of nitrogens with one attached hydrogen (secondary N) is 1. The van der Waals surface area contributed by atoms with Crippen LogP contribution in [0.1, 0.15) is 10.5 Å². The third kappa shape index (κ3) is 2.77. The Bertz CT molecular complexity index is 1340. The molecule has 0 bridgehead atoms. The minimum absolute atomic E-state index is 0.0962. The number of benzene rings is 1. The molecule has 4 rings (SSSR count). The van der Waals surface area contributed by atoms with E-state index in [0.29, 0.717) is 5.69 Å². The number of hydrogen-bond donors (Lipinski definition) is 1. The van der Waals surface area contributed by atoms with Crippen molar-refractivity contribution < 1.29 is 4.79 Å². The van der Waals surface area contributed by atoms with Crippen molar-refractivity contribution in [3.8, 4) is 0 Å². The van der Waals surface area contributed by atoms with E-state index in [-0.39, 0.29) is 16.7 Å². The third-order valence-corrected chi connectivity index (χ3v) is 4.38. The molecule has 4 aromatic rings. The summed E-state index contributed by atoms with van der Waals surface area (Å²) in [5.41, 5.74) is 0.650. The normalized spacial score (nSPS) is 11.0. The van der Waals surface area contributed by atoms with Gasteiger partial charge in [-0.1, -0.05) is 18.2 Å². The maximum atomic E-state index is 12.6. The minimum Gasteiger partial charge on any atom is -0.319 e. The van der Waals surface area contributed by atoms with Crippen molar-refractivity contribution in [1.29, 1.82) is 0 Å². The van der Waals surface area contributed by atoms with Crippen LogP contribution in [0.25, 0.3) is 21.9 Å². The molecule has 1 amide bonds. The number of anilines is 1. The minimum atomic E-state index is -0.503. The lowest BCUT2D eigenvalue weighted by Crippen LogP contribution is -2.37. The van der Waals surface area contributed by atoms with E-state index in [1.807, 2.05) is 30.3 Å². The van der Waals surface area contributed by atoms with Gasteiger partial charge in [-0.3, -0.25) is 23.7 Å². The lowest BCUT2D eigenvalue weighted by Gasteiger charge is -2.09. The molecule has 1 N–H and O–H groups in total. The van der Waals surface area contributed by atoms with Crippen molar-refractivity contribution in [2.24, 2.45) is 14.1 Å². The smallest absolute Gasteiger partial charge is 0.319 e. The Labute approximate surface area is 152 Å². The number of pyridine rings is 2. The SMILES string of the molecule is Cn1c(=O)c2ccc(C(=O)Nc3cnc4ccccc4c3)nc2n(C)c1=O. The molecule has 8 nitrogen and oxygen atoms in total. The van der Waals surface area contributed by atoms with Gasteiger partial charge in [0.1, 0.15) is 11.3 Å². The van der Waals surface area contributed by atoms with Crippen LogP contribution >= 0.6 is 0 Å². The van der Waals surface area contributed by atoms with E-state index in [2.05, 4.69) is 15.3 Å². The Kier molecular flexibility index (Phi) is 3.80. The average molecular weight is 361 g/mol. The van der Waals surface area contributed by atoms with Crippen molar-refractivity contribution in [2.75, 3.05) is 5.32 Å². The molecule has 0 radical (unpaired) electrons. The quantitative estimate of drug-likeness (QED) is 0.582. The molecule has 3 aromatic heterocycles. The van der Waals surface area contributed by atoms with Gasteiger partial charge in [0.05, 0.1) is 22.8 Å². The van der Waals surface area contributed by atoms with Gasteiger partial charge in [0, 0.05) is 19.5 Å². The molecule has 1 aromatic carbocycles. The molecule has 134 valence electrons. The zero-order valence-electron chi connectivity index (χ0n) is 14.6. The van der Waals surface area contributed by atoms with E-state index in [4.69, 9.17) is 0 Å². The van der Waals surface area contributed by atoms with E-state index in [1.165, 1.54) is 30.8 Å². The summed E-state index contributed by atoms with van der Waals surface area (Å²) in [7, 11) is 2.91. The number of aryl methyl sites for hydroxylation is 1. The highest BCUT2D eigenvalue weighted by molar-refractivity contribution is 6.04. The van der Waals surface area contributed by atoms with Crippen molar-refractivity contribution in [1.82, 2.24) is 19.1 Å². The van der Waals surface area contributed by atoms with Crippen LogP contribution in [0.2, 0.25) is 0 Å². The molecule has 8 heteroatoms. The van der Waals surface area contributed by atoms with E-state index in [0.717, 1.165) is 15.5 Å². The van der Waals surface area contributed by atoms with Crippen LogP contribution in [-0.2, 0) is 14.1 Å². The highest BCUT2D eigenvalue weighted by atomic mass is 16.2. The lowest BCUT2D eigenvalue weighted by atomic mass is 10.2. The fourth-order valence-corrected chi connectivity index (χ4v) is 2.92. The second kappa shape index (κ2) is 6.17. The second-order valence-corrected chi connectivity index (χ2v) is 6.14. The van der Waals surface area contributed by atoms with Gasteiger partial charge in [0.2, 0.25) is 0 Å². The second-order valence-electron chi connectivity index (χ2n) is 6.14. The maximum absolute atomic E-state index is 12.6. The first-order valence-electron chi connectivity index (χ1n) is 8.18. The van der Waals surface area contributed by atoms with E-state index < -0.39 is 17.2 Å². The predicted molar refractivity (Wildman–Crippen MR) is 102 cm³/mol. The molecule has 0 spiro atoms. The molecular formula is C19H15N5O3. The molecule has 0 unspecified atom stereocenters. The Hall–Kier alpha value is -3.81. The first-order chi connectivity index (χ1) is 13.0. The molecule has 0 aliphatic heterocycles. The summed E-state index contributed by atoms with van der Waals surface area (Å²) in [6.07, 6.45) is 1.56. The summed E-state index contributed by atoms with van der Waals surface area (Å²) in [6.45, 7) is 0. The van der Waals surface area contributed by atoms with Gasteiger partial charge in [0.15, 0.2) is 0 Å². The van der Waals surface area contributed by atoms with Crippen molar-refractivity contribution >= 4 is 33.5 Å². The molecule has 0 saturated carbocycles. The van der Waals surface area contributed by atoms with Gasteiger partial charge in [-0.05, 0) is 24.3 Å². The van der Waals surface area contributed by atoms with Crippen LogP contribution in [0.3, 0.4) is 0 Å². The molecular weight excluding hydrogens is 346 g/mol. The summed E-state index contributed by atoms with van der Waals surface area (Å²) in [5.74, 6) is -0.456. The summed E-state index contributed by atoms with van der Waals surface area (Å²) >= 11 is 0. The fraction of sp³-hybridized carbons (Fsp3) is 0.105. The lowest BCUT2D eigenvalue weighted by molar-refractivity contribution is 0.102. The topological polar surface area (TPSA) is 98.9 Å². The number of para-hydroxylation sites is 1. The van der Waals surface area contributed by atoms with Crippen LogP contribution in [0.4, 0.5) is 5.69 Å². The van der Waals surface area contributed by atoms with Crippen LogP contribution in [-0.4, -0.2) is 25.0 Å². The summed E-state index contributed by atoms with van der Waals surface area (Å²) in [5, 5.41) is 3.90. The van der Waals surface area contributed by atoms with Crippen molar-refractivity contribution in [3.05, 3.63) is 75.2 Å². The standard InChI is InChI=1S/C19H15N5O3/c1-23-16-13(18(26)24(2)19(23)27)7-8-15(22-16)17(25)21-12-9-11-5-3-4-6-14(11)20-10-12/h3-10H,1-2H3,(H,21,25). The third-order valence-electron chi connectivity index (χ3n) is 4.38. The number of hydrogen-bond acceptors (Lipinski definition) is 5. The van der Waals surface area contributed by atoms with Gasteiger partial charge in [-0.15, -0.1) is 0 Å². The number of nitrogens with zero attached hydrogens (tertiary/aromatic N) is 4. The van der Waals surface area contributed by atoms with E-state index in [9.17, 15) is 14.4 Å². The van der Waals surface area contributed by atoms with Crippen LogP contribution < -0.4 is 16.6 Å². The molecule has 27 heavy (non-hydrogen) atoms. The maximum Gasteiger partial charge on any atom is 0.332 e. The number of carbonyl (C=O) groups is 1. The molecule has 3 heterocycles. The Morgan fingerprint density at radius 3 is 2.63 bits per heavy atom. The summed E-state index contributed by atoms with van der Waals surface area (Å²) < 4.78 is 2.25. The number of fused-ring (bicyclic) bond motifs is 2. The first-order valence-corrected chi connectivity index (χ1v) is 8.18. The average Bonchev–Trinajstić information content (AvgIpc) is 2.70. The highest BCUT2D eigenvalue weighted by Gasteiger charge is 2.14.